The average Bonchev–Trinajstić information content (AvgIpc) is 3.04. The number of ether oxygens (including phenoxy) is 1. The number of nitrogens with zero attached hydrogens (tertiary/aromatic N) is 3. The number of fused-ring (bicyclic) bond motifs is 2. The van der Waals surface area contributed by atoms with Crippen LogP contribution in [0.2, 0.25) is 0 Å². The van der Waals surface area contributed by atoms with Gasteiger partial charge in [-0.3, -0.25) is 14.5 Å². The van der Waals surface area contributed by atoms with E-state index < -0.39 is 0 Å². The smallest absolute Gasteiger partial charge is 0.214 e. The summed E-state index contributed by atoms with van der Waals surface area (Å²) in [5, 5.41) is 0. The number of hydrogen-bond acceptors (Lipinski definition) is 5. The molecule has 0 bridgehead atoms. The Balaban J connectivity index is 1.70. The Labute approximate surface area is 146 Å². The first-order chi connectivity index (χ1) is 12.2. The van der Waals surface area contributed by atoms with Crippen LogP contribution in [-0.4, -0.2) is 58.9 Å². The van der Waals surface area contributed by atoms with E-state index >= 15 is 0 Å². The summed E-state index contributed by atoms with van der Waals surface area (Å²) < 4.78 is 7.33. The van der Waals surface area contributed by atoms with Crippen molar-refractivity contribution >= 4 is 11.6 Å². The fraction of sp³-hybridized carbons (Fsp3) is 0.421. The first kappa shape index (κ1) is 16.2. The van der Waals surface area contributed by atoms with Gasteiger partial charge < -0.3 is 9.30 Å². The summed E-state index contributed by atoms with van der Waals surface area (Å²) >= 11 is 0. The highest BCUT2D eigenvalue weighted by molar-refractivity contribution is 6.27. The maximum absolute atomic E-state index is 13.0. The summed E-state index contributed by atoms with van der Waals surface area (Å²) in [7, 11) is 0. The van der Waals surface area contributed by atoms with Gasteiger partial charge in [-0.2, -0.15) is 0 Å². The summed E-state index contributed by atoms with van der Waals surface area (Å²) in [4.78, 5) is 32.6. The molecule has 4 rings (SSSR count). The molecule has 0 amide bonds. The Morgan fingerprint density at radius 2 is 1.72 bits per heavy atom. The summed E-state index contributed by atoms with van der Waals surface area (Å²) in [6.45, 7) is 6.76. The topological polar surface area (TPSA) is 64.4 Å². The standard InChI is InChI=1S/C19H21N3O3/c1-2-15-20-16-17(22(15)8-7-21-9-11-25-12-10-21)19(24)14-6-4-3-5-13(14)18(16)23/h3-6H,2,7-12H2,1H3. The van der Waals surface area contributed by atoms with Crippen LogP contribution in [0.4, 0.5) is 0 Å². The molecule has 0 atom stereocenters. The Hall–Kier alpha value is -2.31. The van der Waals surface area contributed by atoms with Crippen LogP contribution < -0.4 is 0 Å². The molecular formula is C19H21N3O3. The second-order valence-corrected chi connectivity index (χ2v) is 6.39. The lowest BCUT2D eigenvalue weighted by molar-refractivity contribution is 0.0362. The molecule has 2 heterocycles. The molecule has 0 N–H and O–H groups in total. The Morgan fingerprint density at radius 1 is 1.04 bits per heavy atom. The average molecular weight is 339 g/mol. The molecule has 0 radical (unpaired) electrons. The maximum Gasteiger partial charge on any atom is 0.214 e. The van der Waals surface area contributed by atoms with Gasteiger partial charge >= 0.3 is 0 Å². The van der Waals surface area contributed by atoms with E-state index in [-0.39, 0.29) is 11.6 Å². The van der Waals surface area contributed by atoms with Gasteiger partial charge in [0.2, 0.25) is 11.6 Å². The molecule has 2 aliphatic rings. The van der Waals surface area contributed by atoms with Gasteiger partial charge in [0.1, 0.15) is 17.2 Å². The summed E-state index contributed by atoms with van der Waals surface area (Å²) in [5.41, 5.74) is 1.70. The predicted molar refractivity (Wildman–Crippen MR) is 92.2 cm³/mol. The van der Waals surface area contributed by atoms with Gasteiger partial charge in [0.15, 0.2) is 0 Å². The Bertz CT molecular complexity index is 834. The number of rotatable bonds is 4. The fourth-order valence-corrected chi connectivity index (χ4v) is 3.60. The number of carbonyl (C=O) groups is 2. The van der Waals surface area contributed by atoms with Crippen molar-refractivity contribution in [2.75, 3.05) is 32.8 Å². The van der Waals surface area contributed by atoms with Gasteiger partial charge in [-0.15, -0.1) is 0 Å². The molecular weight excluding hydrogens is 318 g/mol. The van der Waals surface area contributed by atoms with Gasteiger partial charge in [-0.05, 0) is 0 Å². The number of morpholine rings is 1. The number of aromatic nitrogens is 2. The molecule has 1 aromatic carbocycles. The van der Waals surface area contributed by atoms with Crippen LogP contribution in [0.1, 0.15) is 44.9 Å². The number of ketones is 2. The monoisotopic (exact) mass is 339 g/mol. The second-order valence-electron chi connectivity index (χ2n) is 6.39. The van der Waals surface area contributed by atoms with Crippen molar-refractivity contribution in [3.63, 3.8) is 0 Å². The van der Waals surface area contributed by atoms with Crippen molar-refractivity contribution in [3.8, 4) is 0 Å². The van der Waals surface area contributed by atoms with Crippen LogP contribution in [0, 0.1) is 0 Å². The normalized spacial score (nSPS) is 17.5. The van der Waals surface area contributed by atoms with Crippen LogP contribution in [0.15, 0.2) is 24.3 Å². The fourth-order valence-electron chi connectivity index (χ4n) is 3.60. The second kappa shape index (κ2) is 6.54. The van der Waals surface area contributed by atoms with E-state index in [0.29, 0.717) is 35.5 Å². The third kappa shape index (κ3) is 2.71. The first-order valence-electron chi connectivity index (χ1n) is 8.78. The molecule has 1 aromatic heterocycles. The Kier molecular flexibility index (Phi) is 4.23. The number of hydrogen-bond donors (Lipinski definition) is 0. The molecule has 0 spiro atoms. The minimum Gasteiger partial charge on any atom is -0.379 e. The van der Waals surface area contributed by atoms with E-state index in [9.17, 15) is 9.59 Å². The predicted octanol–water partition coefficient (Wildman–Crippen LogP) is 1.55. The molecule has 2 aromatic rings. The van der Waals surface area contributed by atoms with Crippen molar-refractivity contribution in [2.24, 2.45) is 0 Å². The Morgan fingerprint density at radius 3 is 2.40 bits per heavy atom. The quantitative estimate of drug-likeness (QED) is 0.722. The SMILES string of the molecule is CCc1nc2c(n1CCN1CCOCC1)C(=O)c1ccccc1C2=O. The molecule has 25 heavy (non-hydrogen) atoms. The minimum absolute atomic E-state index is 0.0978. The number of benzene rings is 1. The maximum atomic E-state index is 13.0. The zero-order valence-electron chi connectivity index (χ0n) is 14.3. The largest absolute Gasteiger partial charge is 0.379 e. The van der Waals surface area contributed by atoms with E-state index in [2.05, 4.69) is 9.88 Å². The highest BCUT2D eigenvalue weighted by atomic mass is 16.5. The zero-order chi connectivity index (χ0) is 17.4. The zero-order valence-corrected chi connectivity index (χ0v) is 14.3. The minimum atomic E-state index is -0.148. The van der Waals surface area contributed by atoms with Crippen LogP contribution >= 0.6 is 0 Å². The van der Waals surface area contributed by atoms with Gasteiger partial charge in [-0.25, -0.2) is 4.98 Å². The lowest BCUT2D eigenvalue weighted by Crippen LogP contribution is -2.38. The highest BCUT2D eigenvalue weighted by Crippen LogP contribution is 2.28. The van der Waals surface area contributed by atoms with E-state index in [1.165, 1.54) is 0 Å². The molecule has 0 unspecified atom stereocenters. The molecule has 0 saturated carbocycles. The van der Waals surface area contributed by atoms with E-state index in [1.807, 2.05) is 11.5 Å². The van der Waals surface area contributed by atoms with Crippen LogP contribution in [0.25, 0.3) is 0 Å². The van der Waals surface area contributed by atoms with Gasteiger partial charge in [-0.1, -0.05) is 31.2 Å². The number of aryl methyl sites for hydroxylation is 1. The van der Waals surface area contributed by atoms with Crippen molar-refractivity contribution < 1.29 is 14.3 Å². The molecule has 130 valence electrons. The van der Waals surface area contributed by atoms with Gasteiger partial charge in [0.05, 0.1) is 13.2 Å². The number of imidazole rings is 1. The van der Waals surface area contributed by atoms with Crippen LogP contribution in [0.5, 0.6) is 0 Å². The lowest BCUT2D eigenvalue weighted by Gasteiger charge is -2.27. The molecule has 1 saturated heterocycles. The number of carbonyl (C=O) groups excluding carboxylic acids is 2. The van der Waals surface area contributed by atoms with Crippen molar-refractivity contribution in [1.29, 1.82) is 0 Å². The molecule has 1 fully saturated rings. The highest BCUT2D eigenvalue weighted by Gasteiger charge is 2.35. The van der Waals surface area contributed by atoms with Crippen molar-refractivity contribution in [1.82, 2.24) is 14.5 Å². The van der Waals surface area contributed by atoms with Gasteiger partial charge in [0, 0.05) is 43.7 Å². The molecule has 1 aliphatic carbocycles. The summed E-state index contributed by atoms with van der Waals surface area (Å²) in [6, 6.07) is 7.01. The van der Waals surface area contributed by atoms with Crippen molar-refractivity contribution in [3.05, 3.63) is 52.6 Å². The first-order valence-corrected chi connectivity index (χ1v) is 8.78. The molecule has 6 heteroatoms. The third-order valence-electron chi connectivity index (χ3n) is 4.95. The summed E-state index contributed by atoms with van der Waals surface area (Å²) in [5.74, 6) is 0.553. The third-order valence-corrected chi connectivity index (χ3v) is 4.95. The van der Waals surface area contributed by atoms with E-state index in [0.717, 1.165) is 38.7 Å². The van der Waals surface area contributed by atoms with Crippen LogP contribution in [0.3, 0.4) is 0 Å². The van der Waals surface area contributed by atoms with Crippen LogP contribution in [-0.2, 0) is 17.7 Å². The van der Waals surface area contributed by atoms with Gasteiger partial charge in [0.25, 0.3) is 0 Å². The lowest BCUT2D eigenvalue weighted by atomic mass is 9.90. The van der Waals surface area contributed by atoms with E-state index in [1.54, 1.807) is 24.3 Å². The van der Waals surface area contributed by atoms with Crippen molar-refractivity contribution in [2.45, 2.75) is 19.9 Å². The molecule has 6 nitrogen and oxygen atoms in total. The molecule has 1 aliphatic heterocycles. The van der Waals surface area contributed by atoms with E-state index in [4.69, 9.17) is 4.74 Å². The summed E-state index contributed by atoms with van der Waals surface area (Å²) in [6.07, 6.45) is 0.688.